The van der Waals surface area contributed by atoms with Crippen molar-refractivity contribution >= 4 is 8.32 Å². The molecular formula is C17H32OSi. The molecule has 0 aliphatic carbocycles. The fraction of sp³-hybridized carbons (Fsp3) is 0.765. The summed E-state index contributed by atoms with van der Waals surface area (Å²) in [5.41, 5.74) is 0.149. The van der Waals surface area contributed by atoms with E-state index in [1.807, 2.05) is 6.08 Å². The molecule has 0 saturated carbocycles. The van der Waals surface area contributed by atoms with Crippen LogP contribution in [0, 0.1) is 23.7 Å². The number of hydrogen-bond acceptors (Lipinski definition) is 1. The first kappa shape index (κ1) is 18.5. The summed E-state index contributed by atoms with van der Waals surface area (Å²) in [5.74, 6) is 3.20. The molecule has 2 heteroatoms. The smallest absolute Gasteiger partial charge is 0.191 e. The Hall–Kier alpha value is -0.523. The summed E-state index contributed by atoms with van der Waals surface area (Å²) >= 11 is 0. The summed E-state index contributed by atoms with van der Waals surface area (Å²) in [6, 6.07) is 0. The molecule has 0 radical (unpaired) electrons. The van der Waals surface area contributed by atoms with Crippen molar-refractivity contribution in [2.24, 2.45) is 11.3 Å². The monoisotopic (exact) mass is 280 g/mol. The Morgan fingerprint density at radius 1 is 1.26 bits per heavy atom. The van der Waals surface area contributed by atoms with Crippen molar-refractivity contribution in [2.75, 3.05) is 6.61 Å². The van der Waals surface area contributed by atoms with Crippen molar-refractivity contribution in [3.8, 4) is 12.3 Å². The number of rotatable bonds is 7. The van der Waals surface area contributed by atoms with Crippen molar-refractivity contribution in [3.05, 3.63) is 12.7 Å². The summed E-state index contributed by atoms with van der Waals surface area (Å²) in [6.45, 7) is 20.5. The lowest BCUT2D eigenvalue weighted by Gasteiger charge is -2.40. The van der Waals surface area contributed by atoms with Gasteiger partial charge in [0.1, 0.15) is 0 Å². The lowest BCUT2D eigenvalue weighted by Crippen LogP contribution is -2.43. The molecule has 1 nitrogen and oxygen atoms in total. The van der Waals surface area contributed by atoms with Crippen LogP contribution in [-0.4, -0.2) is 14.9 Å². The third kappa shape index (κ3) is 5.54. The van der Waals surface area contributed by atoms with Crippen LogP contribution >= 0.6 is 0 Å². The number of allylic oxidation sites excluding steroid dienone is 1. The number of hydrogen-bond donors (Lipinski definition) is 0. The highest BCUT2D eigenvalue weighted by Crippen LogP contribution is 2.39. The van der Waals surface area contributed by atoms with Crippen LogP contribution in [-0.2, 0) is 4.43 Å². The molecule has 0 aromatic rings. The molecule has 0 bridgehead atoms. The fourth-order valence-electron chi connectivity index (χ4n) is 1.77. The summed E-state index contributed by atoms with van der Waals surface area (Å²) < 4.78 is 6.35. The van der Waals surface area contributed by atoms with Crippen molar-refractivity contribution < 1.29 is 4.43 Å². The maximum Gasteiger partial charge on any atom is 0.191 e. The van der Waals surface area contributed by atoms with Gasteiger partial charge in [-0.25, -0.2) is 0 Å². The van der Waals surface area contributed by atoms with Crippen molar-refractivity contribution in [1.82, 2.24) is 0 Å². The third-order valence-corrected chi connectivity index (χ3v) is 9.09. The molecule has 0 spiro atoms. The lowest BCUT2D eigenvalue weighted by atomic mass is 9.75. The van der Waals surface area contributed by atoms with Gasteiger partial charge in [-0.05, 0) is 35.9 Å². The Balaban J connectivity index is 4.80. The molecule has 110 valence electrons. The molecule has 0 aliphatic heterocycles. The van der Waals surface area contributed by atoms with Crippen molar-refractivity contribution in [3.63, 3.8) is 0 Å². The Labute approximate surface area is 122 Å². The predicted octanol–water partition coefficient (Wildman–Crippen LogP) is 5.25. The maximum atomic E-state index is 6.35. The molecule has 1 atom stereocenters. The second-order valence-electron chi connectivity index (χ2n) is 7.66. The van der Waals surface area contributed by atoms with E-state index in [2.05, 4.69) is 60.2 Å². The lowest BCUT2D eigenvalue weighted by molar-refractivity contribution is 0.127. The van der Waals surface area contributed by atoms with Crippen LogP contribution in [0.4, 0.5) is 0 Å². The van der Waals surface area contributed by atoms with Crippen LogP contribution in [0.25, 0.3) is 0 Å². The summed E-state index contributed by atoms with van der Waals surface area (Å²) in [4.78, 5) is 0. The van der Waals surface area contributed by atoms with Crippen LogP contribution in [0.2, 0.25) is 18.1 Å². The average Bonchev–Trinajstić information content (AvgIpc) is 2.22. The van der Waals surface area contributed by atoms with Gasteiger partial charge in [0.25, 0.3) is 0 Å². The van der Waals surface area contributed by atoms with Crippen LogP contribution in [0.15, 0.2) is 12.7 Å². The van der Waals surface area contributed by atoms with Gasteiger partial charge in [0, 0.05) is 13.0 Å². The van der Waals surface area contributed by atoms with Gasteiger partial charge in [0.2, 0.25) is 0 Å². The van der Waals surface area contributed by atoms with E-state index in [9.17, 15) is 0 Å². The zero-order valence-corrected chi connectivity index (χ0v) is 15.0. The first-order valence-electron chi connectivity index (χ1n) is 7.16. The van der Waals surface area contributed by atoms with Gasteiger partial charge >= 0.3 is 0 Å². The van der Waals surface area contributed by atoms with Gasteiger partial charge in [-0.1, -0.05) is 40.7 Å². The van der Waals surface area contributed by atoms with Crippen LogP contribution in [0.3, 0.4) is 0 Å². The standard InChI is InChI=1S/C17H32OSi/c1-10-12-15(17(6,7)13-11-2)14-18-19(8,9)16(3,4)5/h1,11,15H,2,12-14H2,3-9H3. The minimum Gasteiger partial charge on any atom is -0.416 e. The first-order chi connectivity index (χ1) is 8.48. The van der Waals surface area contributed by atoms with Crippen molar-refractivity contribution in [1.29, 1.82) is 0 Å². The van der Waals surface area contributed by atoms with Crippen LogP contribution < -0.4 is 0 Å². The van der Waals surface area contributed by atoms with E-state index >= 15 is 0 Å². The molecule has 0 aliphatic rings. The Morgan fingerprint density at radius 3 is 2.16 bits per heavy atom. The molecule has 1 unspecified atom stereocenters. The van der Waals surface area contributed by atoms with Gasteiger partial charge in [-0.2, -0.15) is 0 Å². The third-order valence-electron chi connectivity index (χ3n) is 4.59. The molecule has 0 rings (SSSR count). The second kappa shape index (κ2) is 6.77. The molecular weight excluding hydrogens is 248 g/mol. The van der Waals surface area contributed by atoms with Crippen LogP contribution in [0.5, 0.6) is 0 Å². The van der Waals surface area contributed by atoms with Gasteiger partial charge in [-0.3, -0.25) is 0 Å². The topological polar surface area (TPSA) is 9.23 Å². The molecule has 0 aromatic carbocycles. The maximum absolute atomic E-state index is 6.35. The molecule has 0 saturated heterocycles. The first-order valence-corrected chi connectivity index (χ1v) is 10.1. The summed E-state index contributed by atoms with van der Waals surface area (Å²) in [5, 5.41) is 0.246. The molecule has 0 fully saturated rings. The predicted molar refractivity (Wildman–Crippen MR) is 88.7 cm³/mol. The zero-order chi connectivity index (χ0) is 15.3. The highest BCUT2D eigenvalue weighted by atomic mass is 28.4. The largest absolute Gasteiger partial charge is 0.416 e. The van der Waals surface area contributed by atoms with Crippen molar-refractivity contribution in [2.45, 2.75) is 65.6 Å². The van der Waals surface area contributed by atoms with Gasteiger partial charge < -0.3 is 4.43 Å². The Kier molecular flexibility index (Phi) is 6.58. The van der Waals surface area contributed by atoms with E-state index in [-0.39, 0.29) is 10.5 Å². The second-order valence-corrected chi connectivity index (χ2v) is 12.5. The Bertz CT molecular complexity index is 328. The normalized spacial score (nSPS) is 14.8. The van der Waals surface area contributed by atoms with Crippen LogP contribution in [0.1, 0.15) is 47.5 Å². The minimum atomic E-state index is -1.69. The average molecular weight is 281 g/mol. The Morgan fingerprint density at radius 2 is 1.79 bits per heavy atom. The zero-order valence-electron chi connectivity index (χ0n) is 14.0. The quantitative estimate of drug-likeness (QED) is 0.351. The SMILES string of the molecule is C#CCC(CO[Si](C)(C)C(C)(C)C)C(C)(C)CC=C. The van der Waals surface area contributed by atoms with Gasteiger partial charge in [0.15, 0.2) is 8.32 Å². The molecule has 0 heterocycles. The molecule has 0 amide bonds. The summed E-state index contributed by atoms with van der Waals surface area (Å²) in [7, 11) is -1.69. The molecule has 0 aromatic heterocycles. The van der Waals surface area contributed by atoms with E-state index in [0.717, 1.165) is 19.4 Å². The van der Waals surface area contributed by atoms with E-state index in [1.165, 1.54) is 0 Å². The van der Waals surface area contributed by atoms with Gasteiger partial charge in [0.05, 0.1) is 0 Å². The number of terminal acetylenes is 1. The van der Waals surface area contributed by atoms with E-state index in [0.29, 0.717) is 5.92 Å². The van der Waals surface area contributed by atoms with E-state index in [4.69, 9.17) is 10.8 Å². The highest BCUT2D eigenvalue weighted by molar-refractivity contribution is 6.74. The summed E-state index contributed by atoms with van der Waals surface area (Å²) in [6.07, 6.45) is 9.26. The molecule has 0 N–H and O–H groups in total. The molecule has 19 heavy (non-hydrogen) atoms. The highest BCUT2D eigenvalue weighted by Gasteiger charge is 2.39. The van der Waals surface area contributed by atoms with E-state index < -0.39 is 8.32 Å². The fourth-order valence-corrected chi connectivity index (χ4v) is 2.82. The minimum absolute atomic E-state index is 0.149. The van der Waals surface area contributed by atoms with E-state index in [1.54, 1.807) is 0 Å². The van der Waals surface area contributed by atoms with Gasteiger partial charge in [-0.15, -0.1) is 18.9 Å².